The highest BCUT2D eigenvalue weighted by atomic mass is 32.2. The van der Waals surface area contributed by atoms with Gasteiger partial charge in [-0.1, -0.05) is 12.1 Å². The van der Waals surface area contributed by atoms with Crippen LogP contribution in [0.15, 0.2) is 29.2 Å². The number of carbonyl (C=O) groups excluding carboxylic acids is 1. The smallest absolute Gasteiger partial charge is 0.254 e. The van der Waals surface area contributed by atoms with Crippen molar-refractivity contribution in [3.8, 4) is 0 Å². The van der Waals surface area contributed by atoms with E-state index in [1.807, 2.05) is 42.5 Å². The Morgan fingerprint density at radius 3 is 2.38 bits per heavy atom. The quantitative estimate of drug-likeness (QED) is 0.783. The highest BCUT2D eigenvalue weighted by molar-refractivity contribution is 7.98. The van der Waals surface area contributed by atoms with Crippen molar-refractivity contribution in [2.45, 2.75) is 42.7 Å². The van der Waals surface area contributed by atoms with Gasteiger partial charge in [0.1, 0.15) is 0 Å². The number of hydrogen-bond donors (Lipinski definition) is 0. The van der Waals surface area contributed by atoms with Crippen LogP contribution >= 0.6 is 11.8 Å². The second-order valence-electron chi connectivity index (χ2n) is 6.69. The Kier molecular flexibility index (Phi) is 6.19. The van der Waals surface area contributed by atoms with Crippen molar-refractivity contribution < 1.29 is 9.53 Å². The zero-order chi connectivity index (χ0) is 16.9. The first-order valence-corrected chi connectivity index (χ1v) is 10.1. The molecule has 4 nitrogen and oxygen atoms in total. The second-order valence-corrected chi connectivity index (χ2v) is 7.54. The molecule has 24 heavy (non-hydrogen) atoms. The number of nitrogens with zero attached hydrogens (tertiary/aromatic N) is 2. The summed E-state index contributed by atoms with van der Waals surface area (Å²) < 4.78 is 5.46. The maximum Gasteiger partial charge on any atom is 0.254 e. The topological polar surface area (TPSA) is 32.8 Å². The number of rotatable bonds is 4. The third kappa shape index (κ3) is 3.95. The van der Waals surface area contributed by atoms with Gasteiger partial charge in [0.15, 0.2) is 0 Å². The van der Waals surface area contributed by atoms with E-state index in [4.69, 9.17) is 4.74 Å². The number of hydrogen-bond acceptors (Lipinski definition) is 4. The molecule has 0 saturated carbocycles. The fourth-order valence-corrected chi connectivity index (χ4v) is 4.49. The van der Waals surface area contributed by atoms with Crippen molar-refractivity contribution in [3.05, 3.63) is 29.8 Å². The molecule has 2 saturated heterocycles. The van der Waals surface area contributed by atoms with Crippen LogP contribution in [0.2, 0.25) is 0 Å². The SMILES string of the molecule is COC1CCN(C2CCN(C(=O)c3ccccc3SC)CC2)CC1. The Morgan fingerprint density at radius 1 is 1.08 bits per heavy atom. The van der Waals surface area contributed by atoms with Gasteiger partial charge < -0.3 is 14.5 Å². The van der Waals surface area contributed by atoms with Gasteiger partial charge in [-0.2, -0.15) is 0 Å². The minimum atomic E-state index is 0.191. The highest BCUT2D eigenvalue weighted by Crippen LogP contribution is 2.25. The summed E-state index contributed by atoms with van der Waals surface area (Å²) in [7, 11) is 1.82. The van der Waals surface area contributed by atoms with Gasteiger partial charge in [-0.15, -0.1) is 11.8 Å². The maximum atomic E-state index is 12.8. The number of piperidine rings is 2. The predicted molar refractivity (Wildman–Crippen MR) is 98.8 cm³/mol. The van der Waals surface area contributed by atoms with E-state index < -0.39 is 0 Å². The predicted octanol–water partition coefficient (Wildman–Crippen LogP) is 3.12. The van der Waals surface area contributed by atoms with Crippen molar-refractivity contribution in [2.75, 3.05) is 39.5 Å². The molecule has 0 unspecified atom stereocenters. The van der Waals surface area contributed by atoms with E-state index in [2.05, 4.69) is 4.90 Å². The lowest BCUT2D eigenvalue weighted by Gasteiger charge is -2.41. The summed E-state index contributed by atoms with van der Waals surface area (Å²) in [5.41, 5.74) is 0.851. The van der Waals surface area contributed by atoms with Crippen LogP contribution in [0.3, 0.4) is 0 Å². The number of methoxy groups -OCH3 is 1. The van der Waals surface area contributed by atoms with Crippen LogP contribution in [-0.4, -0.2) is 67.4 Å². The molecule has 1 aromatic rings. The molecule has 2 heterocycles. The molecule has 2 fully saturated rings. The Balaban J connectivity index is 1.54. The first kappa shape index (κ1) is 17.8. The molecule has 3 rings (SSSR count). The first-order chi connectivity index (χ1) is 11.7. The van der Waals surface area contributed by atoms with Gasteiger partial charge in [-0.3, -0.25) is 4.79 Å². The van der Waals surface area contributed by atoms with E-state index in [1.54, 1.807) is 11.8 Å². The number of ether oxygens (including phenoxy) is 1. The van der Waals surface area contributed by atoms with Gasteiger partial charge >= 0.3 is 0 Å². The molecule has 5 heteroatoms. The molecule has 0 bridgehead atoms. The van der Waals surface area contributed by atoms with Crippen LogP contribution < -0.4 is 0 Å². The molecule has 0 N–H and O–H groups in total. The summed E-state index contributed by atoms with van der Waals surface area (Å²) in [5.74, 6) is 0.191. The average Bonchev–Trinajstić information content (AvgIpc) is 2.67. The third-order valence-corrected chi connectivity index (χ3v) is 6.21. The molecule has 0 radical (unpaired) electrons. The maximum absolute atomic E-state index is 12.8. The Morgan fingerprint density at radius 2 is 1.75 bits per heavy atom. The van der Waals surface area contributed by atoms with Gasteiger partial charge in [0.05, 0.1) is 11.7 Å². The molecule has 2 aliphatic rings. The normalized spacial score (nSPS) is 21.2. The van der Waals surface area contributed by atoms with Crippen LogP contribution in [0.25, 0.3) is 0 Å². The summed E-state index contributed by atoms with van der Waals surface area (Å²) in [4.78, 5) is 18.5. The van der Waals surface area contributed by atoms with Crippen molar-refractivity contribution in [3.63, 3.8) is 0 Å². The zero-order valence-corrected chi connectivity index (χ0v) is 15.6. The van der Waals surface area contributed by atoms with Gasteiger partial charge in [-0.05, 0) is 44.1 Å². The molecule has 132 valence electrons. The average molecular weight is 349 g/mol. The van der Waals surface area contributed by atoms with Gasteiger partial charge in [0, 0.05) is 44.2 Å². The first-order valence-electron chi connectivity index (χ1n) is 8.92. The van der Waals surface area contributed by atoms with Crippen LogP contribution in [0.4, 0.5) is 0 Å². The number of amides is 1. The van der Waals surface area contributed by atoms with Crippen LogP contribution in [0.1, 0.15) is 36.0 Å². The van der Waals surface area contributed by atoms with Crippen molar-refractivity contribution >= 4 is 17.7 Å². The molecule has 2 aliphatic heterocycles. The molecule has 0 aliphatic carbocycles. The van der Waals surface area contributed by atoms with Crippen LogP contribution in [0, 0.1) is 0 Å². The van der Waals surface area contributed by atoms with Crippen LogP contribution in [0.5, 0.6) is 0 Å². The molecule has 0 atom stereocenters. The fourth-order valence-electron chi connectivity index (χ4n) is 3.90. The van der Waals surface area contributed by atoms with E-state index in [9.17, 15) is 4.79 Å². The number of thioether (sulfide) groups is 1. The van der Waals surface area contributed by atoms with E-state index in [0.29, 0.717) is 12.1 Å². The third-order valence-electron chi connectivity index (χ3n) is 5.42. The summed E-state index contributed by atoms with van der Waals surface area (Å²) in [6.07, 6.45) is 6.91. The van der Waals surface area contributed by atoms with Gasteiger partial charge in [0.2, 0.25) is 0 Å². The van der Waals surface area contributed by atoms with Crippen molar-refractivity contribution in [1.29, 1.82) is 0 Å². The fraction of sp³-hybridized carbons (Fsp3) is 0.632. The van der Waals surface area contributed by atoms with Crippen molar-refractivity contribution in [2.24, 2.45) is 0 Å². The lowest BCUT2D eigenvalue weighted by Crippen LogP contribution is -2.49. The van der Waals surface area contributed by atoms with Crippen molar-refractivity contribution in [1.82, 2.24) is 9.80 Å². The number of likely N-dealkylation sites (tertiary alicyclic amines) is 2. The summed E-state index contributed by atoms with van der Waals surface area (Å²) in [6.45, 7) is 4.01. The monoisotopic (exact) mass is 348 g/mol. The van der Waals surface area contributed by atoms with E-state index in [1.165, 1.54) is 0 Å². The summed E-state index contributed by atoms with van der Waals surface area (Å²) >= 11 is 1.65. The number of benzene rings is 1. The Labute approximate surface area is 149 Å². The Hall–Kier alpha value is -1.04. The van der Waals surface area contributed by atoms with Crippen LogP contribution in [-0.2, 0) is 4.74 Å². The lowest BCUT2D eigenvalue weighted by molar-refractivity contribution is 0.0145. The minimum absolute atomic E-state index is 0.191. The summed E-state index contributed by atoms with van der Waals surface area (Å²) in [6, 6.07) is 8.57. The Bertz CT molecular complexity index is 550. The van der Waals surface area contributed by atoms with Gasteiger partial charge in [-0.25, -0.2) is 0 Å². The standard InChI is InChI=1S/C19H28N2O2S/c1-23-16-9-13-20(14-10-16)15-7-11-21(12-8-15)19(22)17-5-3-4-6-18(17)24-2/h3-6,15-16H,7-14H2,1-2H3. The zero-order valence-electron chi connectivity index (χ0n) is 14.7. The van der Waals surface area contributed by atoms with E-state index >= 15 is 0 Å². The minimum Gasteiger partial charge on any atom is -0.381 e. The highest BCUT2D eigenvalue weighted by Gasteiger charge is 2.30. The van der Waals surface area contributed by atoms with E-state index in [0.717, 1.165) is 62.3 Å². The molecular formula is C19H28N2O2S. The van der Waals surface area contributed by atoms with E-state index in [-0.39, 0.29) is 5.91 Å². The molecule has 0 aromatic heterocycles. The second kappa shape index (κ2) is 8.37. The number of carbonyl (C=O) groups is 1. The molecular weight excluding hydrogens is 320 g/mol. The molecule has 0 spiro atoms. The molecule has 1 amide bonds. The molecule has 1 aromatic carbocycles. The summed E-state index contributed by atoms with van der Waals surface area (Å²) in [5, 5.41) is 0. The lowest BCUT2D eigenvalue weighted by atomic mass is 9.98. The largest absolute Gasteiger partial charge is 0.381 e. The van der Waals surface area contributed by atoms with Gasteiger partial charge in [0.25, 0.3) is 5.91 Å².